The van der Waals surface area contributed by atoms with E-state index in [4.69, 9.17) is 4.74 Å². The molecule has 148 valence electrons. The molecule has 1 aromatic carbocycles. The Balaban J connectivity index is 0.00000261. The number of amides is 1. The molecule has 2 heterocycles. The minimum absolute atomic E-state index is 0. The maximum absolute atomic E-state index is 12.6. The summed E-state index contributed by atoms with van der Waals surface area (Å²) in [6.45, 7) is 7.86. The van der Waals surface area contributed by atoms with Crippen molar-refractivity contribution in [3.05, 3.63) is 35.7 Å². The van der Waals surface area contributed by atoms with E-state index in [-0.39, 0.29) is 30.5 Å². The van der Waals surface area contributed by atoms with Crippen LogP contribution in [0.2, 0.25) is 0 Å². The van der Waals surface area contributed by atoms with Gasteiger partial charge in [-0.05, 0) is 70.5 Å². The summed E-state index contributed by atoms with van der Waals surface area (Å²) in [6, 6.07) is 7.88. The van der Waals surface area contributed by atoms with Crippen molar-refractivity contribution in [1.82, 2.24) is 25.6 Å². The molecule has 0 atom stereocenters. The zero-order valence-electron chi connectivity index (χ0n) is 16.1. The third-order valence-corrected chi connectivity index (χ3v) is 4.44. The molecule has 0 radical (unpaired) electrons. The van der Waals surface area contributed by atoms with E-state index in [0.717, 1.165) is 43.1 Å². The van der Waals surface area contributed by atoms with Gasteiger partial charge >= 0.3 is 0 Å². The summed E-state index contributed by atoms with van der Waals surface area (Å²) in [5, 5.41) is 14.8. The lowest BCUT2D eigenvalue weighted by atomic mass is 10.1. The number of aromatic nitrogens is 3. The van der Waals surface area contributed by atoms with Gasteiger partial charge in [-0.25, -0.2) is 4.68 Å². The molecule has 0 bridgehead atoms. The van der Waals surface area contributed by atoms with Crippen LogP contribution in [0.5, 0.6) is 5.75 Å². The van der Waals surface area contributed by atoms with Crippen LogP contribution in [-0.4, -0.2) is 46.1 Å². The maximum Gasteiger partial charge on any atom is 0.273 e. The molecule has 0 unspecified atom stereocenters. The highest BCUT2D eigenvalue weighted by atomic mass is 35.5. The van der Waals surface area contributed by atoms with E-state index < -0.39 is 0 Å². The van der Waals surface area contributed by atoms with E-state index in [2.05, 4.69) is 20.9 Å². The van der Waals surface area contributed by atoms with Crippen LogP contribution in [0.3, 0.4) is 0 Å². The molecule has 1 aromatic heterocycles. The Morgan fingerprint density at radius 2 is 1.96 bits per heavy atom. The highest BCUT2D eigenvalue weighted by Gasteiger charge is 2.22. The minimum Gasteiger partial charge on any atom is -0.491 e. The van der Waals surface area contributed by atoms with Crippen molar-refractivity contribution < 1.29 is 9.53 Å². The second kappa shape index (κ2) is 9.71. The lowest BCUT2D eigenvalue weighted by Gasteiger charge is -2.23. The number of halogens is 1. The summed E-state index contributed by atoms with van der Waals surface area (Å²) in [4.78, 5) is 12.6. The number of benzene rings is 1. The predicted octanol–water partition coefficient (Wildman–Crippen LogP) is 2.52. The predicted molar refractivity (Wildman–Crippen MR) is 107 cm³/mol. The molecule has 0 saturated carbocycles. The van der Waals surface area contributed by atoms with E-state index in [9.17, 15) is 4.79 Å². The van der Waals surface area contributed by atoms with Gasteiger partial charge < -0.3 is 15.4 Å². The molecule has 1 aliphatic rings. The van der Waals surface area contributed by atoms with E-state index in [0.29, 0.717) is 12.1 Å². The van der Waals surface area contributed by atoms with Gasteiger partial charge in [0.25, 0.3) is 5.91 Å². The molecule has 27 heavy (non-hydrogen) atoms. The summed E-state index contributed by atoms with van der Waals surface area (Å²) < 4.78 is 7.41. The Hall–Kier alpha value is -2.12. The smallest absolute Gasteiger partial charge is 0.273 e. The van der Waals surface area contributed by atoms with Gasteiger partial charge in [0.05, 0.1) is 17.5 Å². The fraction of sp³-hybridized carbons (Fsp3) is 0.526. The molecule has 3 rings (SSSR count). The number of carbonyl (C=O) groups excluding carboxylic acids is 1. The quantitative estimate of drug-likeness (QED) is 0.788. The van der Waals surface area contributed by atoms with Crippen LogP contribution in [0.15, 0.2) is 24.3 Å². The maximum atomic E-state index is 12.6. The number of hydrogen-bond donors (Lipinski definition) is 2. The van der Waals surface area contributed by atoms with Crippen LogP contribution >= 0.6 is 12.4 Å². The molecule has 7 nitrogen and oxygen atoms in total. The molecular weight excluding hydrogens is 366 g/mol. The molecule has 1 aliphatic heterocycles. The van der Waals surface area contributed by atoms with Gasteiger partial charge in [-0.3, -0.25) is 4.79 Å². The summed E-state index contributed by atoms with van der Waals surface area (Å²) in [5.41, 5.74) is 2.09. The number of carbonyl (C=O) groups is 1. The standard InChI is InChI=1S/C19H27N5O2.ClH/c1-4-17-18(19(25)21-14-9-11-20-12-10-14)22-23-24(17)15-5-7-16(8-6-15)26-13(2)3;/h5-8,13-14,20H,4,9-12H2,1-3H3,(H,21,25);1H. The molecule has 1 fully saturated rings. The number of nitrogens with zero attached hydrogens (tertiary/aromatic N) is 3. The van der Waals surface area contributed by atoms with Crippen molar-refractivity contribution in [2.24, 2.45) is 0 Å². The van der Waals surface area contributed by atoms with E-state index in [1.807, 2.05) is 45.0 Å². The number of piperidine rings is 1. The van der Waals surface area contributed by atoms with Crippen molar-refractivity contribution in [2.75, 3.05) is 13.1 Å². The minimum atomic E-state index is -0.139. The van der Waals surface area contributed by atoms with Crippen LogP contribution in [0.4, 0.5) is 0 Å². The monoisotopic (exact) mass is 393 g/mol. The number of hydrogen-bond acceptors (Lipinski definition) is 5. The first-order valence-electron chi connectivity index (χ1n) is 9.31. The Bertz CT molecular complexity index is 739. The molecule has 2 aromatic rings. The average Bonchev–Trinajstić information content (AvgIpc) is 3.07. The second-order valence-electron chi connectivity index (χ2n) is 6.81. The molecule has 2 N–H and O–H groups in total. The zero-order valence-corrected chi connectivity index (χ0v) is 16.9. The highest BCUT2D eigenvalue weighted by Crippen LogP contribution is 2.19. The first-order chi connectivity index (χ1) is 12.6. The highest BCUT2D eigenvalue weighted by molar-refractivity contribution is 5.93. The number of rotatable bonds is 6. The molecule has 1 saturated heterocycles. The first kappa shape index (κ1) is 21.2. The van der Waals surface area contributed by atoms with Gasteiger partial charge in [0, 0.05) is 6.04 Å². The molecule has 0 spiro atoms. The van der Waals surface area contributed by atoms with E-state index in [1.54, 1.807) is 4.68 Å². The van der Waals surface area contributed by atoms with Crippen molar-refractivity contribution in [1.29, 1.82) is 0 Å². The van der Waals surface area contributed by atoms with Gasteiger partial charge in [-0.15, -0.1) is 17.5 Å². The van der Waals surface area contributed by atoms with Gasteiger partial charge in [0.2, 0.25) is 0 Å². The summed E-state index contributed by atoms with van der Waals surface area (Å²) in [5.74, 6) is 0.672. The number of ether oxygens (including phenoxy) is 1. The van der Waals surface area contributed by atoms with Crippen molar-refractivity contribution >= 4 is 18.3 Å². The van der Waals surface area contributed by atoms with Crippen LogP contribution < -0.4 is 15.4 Å². The molecule has 0 aliphatic carbocycles. The zero-order chi connectivity index (χ0) is 18.5. The third kappa shape index (κ3) is 5.20. The van der Waals surface area contributed by atoms with Gasteiger partial charge in [0.15, 0.2) is 5.69 Å². The van der Waals surface area contributed by atoms with Crippen LogP contribution in [0, 0.1) is 0 Å². The Morgan fingerprint density at radius 1 is 1.30 bits per heavy atom. The van der Waals surface area contributed by atoms with Gasteiger partial charge in [-0.2, -0.15) is 0 Å². The Morgan fingerprint density at radius 3 is 2.56 bits per heavy atom. The Kier molecular flexibility index (Phi) is 7.62. The summed E-state index contributed by atoms with van der Waals surface area (Å²) >= 11 is 0. The van der Waals surface area contributed by atoms with E-state index in [1.165, 1.54) is 0 Å². The first-order valence-corrected chi connectivity index (χ1v) is 9.31. The number of nitrogens with one attached hydrogen (secondary N) is 2. The van der Waals surface area contributed by atoms with Crippen molar-refractivity contribution in [2.45, 2.75) is 52.2 Å². The summed E-state index contributed by atoms with van der Waals surface area (Å²) in [6.07, 6.45) is 2.69. The van der Waals surface area contributed by atoms with Gasteiger partial charge in [0.1, 0.15) is 5.75 Å². The lowest BCUT2D eigenvalue weighted by Crippen LogP contribution is -2.43. The lowest BCUT2D eigenvalue weighted by molar-refractivity contribution is 0.0923. The normalized spacial score (nSPS) is 14.7. The average molecular weight is 394 g/mol. The van der Waals surface area contributed by atoms with Gasteiger partial charge in [-0.1, -0.05) is 12.1 Å². The molecular formula is C19H28ClN5O2. The molecule has 8 heteroatoms. The van der Waals surface area contributed by atoms with Crippen LogP contribution in [0.25, 0.3) is 5.69 Å². The SMILES string of the molecule is CCc1c(C(=O)NC2CCNCC2)nnn1-c1ccc(OC(C)C)cc1.Cl. The summed E-state index contributed by atoms with van der Waals surface area (Å²) in [7, 11) is 0. The topological polar surface area (TPSA) is 81.1 Å². The third-order valence-electron chi connectivity index (χ3n) is 4.44. The Labute approximate surface area is 166 Å². The molecule has 1 amide bonds. The van der Waals surface area contributed by atoms with Crippen molar-refractivity contribution in [3.63, 3.8) is 0 Å². The fourth-order valence-electron chi connectivity index (χ4n) is 3.16. The van der Waals surface area contributed by atoms with Crippen LogP contribution in [-0.2, 0) is 6.42 Å². The van der Waals surface area contributed by atoms with Crippen molar-refractivity contribution in [3.8, 4) is 11.4 Å². The van der Waals surface area contributed by atoms with Crippen LogP contribution in [0.1, 0.15) is 49.8 Å². The largest absolute Gasteiger partial charge is 0.491 e. The van der Waals surface area contributed by atoms with E-state index >= 15 is 0 Å². The fourth-order valence-corrected chi connectivity index (χ4v) is 3.16. The second-order valence-corrected chi connectivity index (χ2v) is 6.81.